The number of rotatable bonds is 1. The Kier molecular flexibility index (Phi) is 2.82. The van der Waals surface area contributed by atoms with Crippen LogP contribution in [0.15, 0.2) is 0 Å². The van der Waals surface area contributed by atoms with E-state index in [1.54, 1.807) is 0 Å². The van der Waals surface area contributed by atoms with Gasteiger partial charge in [0.2, 0.25) is 0 Å². The molecule has 0 aliphatic heterocycles. The van der Waals surface area contributed by atoms with Crippen LogP contribution in [-0.2, 0) is 0 Å². The third kappa shape index (κ3) is 1.49. The number of hydrogen-bond donors (Lipinski definition) is 0. The smallest absolute Gasteiger partial charge is 0.200 e. The first-order valence-corrected chi connectivity index (χ1v) is 3.89. The van der Waals surface area contributed by atoms with E-state index in [9.17, 15) is 22.0 Å². The topological polar surface area (TPSA) is 0 Å². The first-order valence-electron chi connectivity index (χ1n) is 3.89. The fourth-order valence-electron chi connectivity index (χ4n) is 1.13. The zero-order chi connectivity index (χ0) is 11.0. The summed E-state index contributed by atoms with van der Waals surface area (Å²) in [5.41, 5.74) is -0.776. The fraction of sp³-hybridized carbons (Fsp3) is 0.250. The molecule has 0 saturated carbocycles. The van der Waals surface area contributed by atoms with E-state index in [0.29, 0.717) is 0 Å². The Morgan fingerprint density at radius 2 is 0.929 bits per heavy atom. The predicted molar refractivity (Wildman–Crippen MR) is 43.3 cm³/mol. The second kappa shape index (κ2) is 3.59. The lowest BCUT2D eigenvalue weighted by Gasteiger charge is -2.08. The molecule has 0 spiro atoms. The highest BCUT2D eigenvalue weighted by Crippen LogP contribution is 2.16. The highest BCUT2D eigenvalue weighted by Gasteiger charge is 2.27. The minimum absolute atomic E-state index is 0.764. The van der Waals surface area contributed by atoms with Crippen LogP contribution < -0.4 is 5.46 Å². The molecular weight excluding hydrogens is 202 g/mol. The van der Waals surface area contributed by atoms with Crippen molar-refractivity contribution in [3.63, 3.8) is 0 Å². The monoisotopic (exact) mass is 208 g/mol. The van der Waals surface area contributed by atoms with Gasteiger partial charge in [-0.2, -0.15) is 0 Å². The van der Waals surface area contributed by atoms with Crippen molar-refractivity contribution in [1.29, 1.82) is 0 Å². The molecule has 1 aromatic carbocycles. The second-order valence-electron chi connectivity index (χ2n) is 3.14. The average molecular weight is 208 g/mol. The normalized spacial score (nSPS) is 10.5. The minimum Gasteiger partial charge on any atom is -0.204 e. The molecule has 0 aromatic heterocycles. The summed E-state index contributed by atoms with van der Waals surface area (Å²) < 4.78 is 63.6. The van der Waals surface area contributed by atoms with Crippen molar-refractivity contribution >= 4 is 12.2 Å². The first-order chi connectivity index (χ1) is 6.37. The van der Waals surface area contributed by atoms with Crippen LogP contribution in [0.1, 0.15) is 0 Å². The van der Waals surface area contributed by atoms with Gasteiger partial charge in [-0.1, -0.05) is 13.6 Å². The lowest BCUT2D eigenvalue weighted by atomic mass is 9.49. The molecule has 0 heterocycles. The van der Waals surface area contributed by atoms with Gasteiger partial charge in [-0.3, -0.25) is 0 Å². The van der Waals surface area contributed by atoms with Crippen molar-refractivity contribution < 1.29 is 22.0 Å². The van der Waals surface area contributed by atoms with E-state index < -0.39 is 41.3 Å². The summed E-state index contributed by atoms with van der Waals surface area (Å²) in [5, 5.41) is 0. The van der Waals surface area contributed by atoms with E-state index in [2.05, 4.69) is 0 Å². The molecule has 76 valence electrons. The molecule has 1 aromatic rings. The highest BCUT2D eigenvalue weighted by atomic mass is 19.2. The van der Waals surface area contributed by atoms with Crippen molar-refractivity contribution in [1.82, 2.24) is 0 Å². The van der Waals surface area contributed by atoms with Crippen LogP contribution in [0.3, 0.4) is 0 Å². The summed E-state index contributed by atoms with van der Waals surface area (Å²) in [6.07, 6.45) is 0. The van der Waals surface area contributed by atoms with E-state index in [0.717, 1.165) is 0 Å². The van der Waals surface area contributed by atoms with E-state index >= 15 is 0 Å². The summed E-state index contributed by atoms with van der Waals surface area (Å²) in [6, 6.07) is 0. The summed E-state index contributed by atoms with van der Waals surface area (Å²) in [6.45, 7) is 1.93. The standard InChI is InChI=1S/C8H6BF5/c1-9(2)3-4(10)6(12)8(14)7(13)5(3)11/h1-2H3. The van der Waals surface area contributed by atoms with Crippen LogP contribution in [0.4, 0.5) is 22.0 Å². The van der Waals surface area contributed by atoms with Crippen molar-refractivity contribution in [3.05, 3.63) is 29.1 Å². The average Bonchev–Trinajstić information content (AvgIpc) is 2.11. The van der Waals surface area contributed by atoms with Crippen molar-refractivity contribution in [3.8, 4) is 0 Å². The zero-order valence-electron chi connectivity index (χ0n) is 7.47. The predicted octanol–water partition coefficient (Wildman–Crippen LogP) is 2.34. The van der Waals surface area contributed by atoms with E-state index in [-0.39, 0.29) is 0 Å². The molecule has 0 aliphatic carbocycles. The Hall–Kier alpha value is -1.07. The number of halogens is 5. The van der Waals surface area contributed by atoms with Crippen LogP contribution in [0, 0.1) is 29.1 Å². The molecule has 0 radical (unpaired) electrons. The van der Waals surface area contributed by atoms with Gasteiger partial charge in [-0.05, 0) is 5.46 Å². The Labute approximate surface area is 77.8 Å². The van der Waals surface area contributed by atoms with Crippen molar-refractivity contribution in [2.75, 3.05) is 0 Å². The molecule has 0 bridgehead atoms. The number of benzene rings is 1. The van der Waals surface area contributed by atoms with Gasteiger partial charge in [0, 0.05) is 0 Å². The van der Waals surface area contributed by atoms with E-state index in [1.165, 1.54) is 13.6 Å². The third-order valence-electron chi connectivity index (χ3n) is 1.82. The van der Waals surface area contributed by atoms with Crippen LogP contribution in [0.2, 0.25) is 13.6 Å². The Morgan fingerprint density at radius 1 is 0.643 bits per heavy atom. The quantitative estimate of drug-likeness (QED) is 0.287. The summed E-state index contributed by atoms with van der Waals surface area (Å²) >= 11 is 0. The van der Waals surface area contributed by atoms with Crippen LogP contribution in [0.5, 0.6) is 0 Å². The molecule has 0 saturated heterocycles. The molecule has 0 amide bonds. The maximum atomic E-state index is 12.9. The van der Waals surface area contributed by atoms with Gasteiger partial charge in [0.05, 0.1) is 0 Å². The van der Waals surface area contributed by atoms with Crippen molar-refractivity contribution in [2.45, 2.75) is 13.6 Å². The van der Waals surface area contributed by atoms with Crippen LogP contribution >= 0.6 is 0 Å². The lowest BCUT2D eigenvalue weighted by molar-refractivity contribution is 0.384. The lowest BCUT2D eigenvalue weighted by Crippen LogP contribution is -2.33. The molecule has 14 heavy (non-hydrogen) atoms. The largest absolute Gasteiger partial charge is 0.204 e. The first kappa shape index (κ1) is 11.0. The third-order valence-corrected chi connectivity index (χ3v) is 1.82. The molecule has 0 unspecified atom stereocenters. The Bertz CT molecular complexity index is 345. The van der Waals surface area contributed by atoms with Gasteiger partial charge in [0.15, 0.2) is 35.8 Å². The maximum Gasteiger partial charge on any atom is 0.200 e. The van der Waals surface area contributed by atoms with Gasteiger partial charge in [-0.25, -0.2) is 22.0 Å². The molecular formula is C8H6BF5. The van der Waals surface area contributed by atoms with E-state index in [1.807, 2.05) is 0 Å². The summed E-state index contributed by atoms with van der Waals surface area (Å²) in [4.78, 5) is 0. The summed E-state index contributed by atoms with van der Waals surface area (Å²) in [5.74, 6) is -9.42. The van der Waals surface area contributed by atoms with Gasteiger partial charge < -0.3 is 0 Å². The summed E-state index contributed by atoms with van der Waals surface area (Å²) in [7, 11) is 0. The maximum absolute atomic E-state index is 12.9. The number of hydrogen-bond acceptors (Lipinski definition) is 0. The van der Waals surface area contributed by atoms with Gasteiger partial charge in [0.1, 0.15) is 0 Å². The van der Waals surface area contributed by atoms with E-state index in [4.69, 9.17) is 0 Å². The second-order valence-corrected chi connectivity index (χ2v) is 3.14. The molecule has 0 atom stereocenters. The van der Waals surface area contributed by atoms with Gasteiger partial charge in [0.25, 0.3) is 0 Å². The van der Waals surface area contributed by atoms with Gasteiger partial charge in [-0.15, -0.1) is 0 Å². The van der Waals surface area contributed by atoms with Crippen molar-refractivity contribution in [2.24, 2.45) is 0 Å². The molecule has 0 N–H and O–H groups in total. The van der Waals surface area contributed by atoms with Crippen LogP contribution in [0.25, 0.3) is 0 Å². The highest BCUT2D eigenvalue weighted by molar-refractivity contribution is 6.70. The Balaban J connectivity index is 3.60. The molecule has 6 heteroatoms. The minimum atomic E-state index is -2.12. The Morgan fingerprint density at radius 3 is 1.21 bits per heavy atom. The van der Waals surface area contributed by atoms with Gasteiger partial charge >= 0.3 is 0 Å². The van der Waals surface area contributed by atoms with Crippen LogP contribution in [-0.4, -0.2) is 6.71 Å². The molecule has 0 fully saturated rings. The zero-order valence-corrected chi connectivity index (χ0v) is 7.47. The SMILES string of the molecule is CB(C)c1c(F)c(F)c(F)c(F)c1F. The molecule has 1 rings (SSSR count). The molecule has 0 nitrogen and oxygen atoms in total. The molecule has 0 aliphatic rings. The fourth-order valence-corrected chi connectivity index (χ4v) is 1.13.